The van der Waals surface area contributed by atoms with Crippen molar-refractivity contribution in [2.75, 3.05) is 14.2 Å². The van der Waals surface area contributed by atoms with Crippen LogP contribution in [0.2, 0.25) is 0 Å². The monoisotopic (exact) mass is 459 g/mol. The number of pyridine rings is 1. The summed E-state index contributed by atoms with van der Waals surface area (Å²) in [6.07, 6.45) is 0.141. The number of rotatable bonds is 10. The molecule has 1 N–H and O–H groups in total. The van der Waals surface area contributed by atoms with E-state index in [-0.39, 0.29) is 29.0 Å². The highest BCUT2D eigenvalue weighted by Crippen LogP contribution is 2.31. The van der Waals surface area contributed by atoms with Crippen molar-refractivity contribution in [1.29, 1.82) is 0 Å². The number of hydrogen-bond donors (Lipinski definition) is 1. The number of carbonyl (C=O) groups excluding carboxylic acids is 2. The molecule has 0 aliphatic rings. The van der Waals surface area contributed by atoms with Gasteiger partial charge in [-0.15, -0.1) is 0 Å². The number of aromatic nitrogens is 1. The van der Waals surface area contributed by atoms with Crippen LogP contribution in [-0.2, 0) is 9.53 Å². The highest BCUT2D eigenvalue weighted by Gasteiger charge is 2.35. The van der Waals surface area contributed by atoms with Gasteiger partial charge in [-0.05, 0) is 19.1 Å². The van der Waals surface area contributed by atoms with Gasteiger partial charge in [0.25, 0.3) is 0 Å². The van der Waals surface area contributed by atoms with Crippen LogP contribution >= 0.6 is 0 Å². The molecule has 0 bridgehead atoms. The Balaban J connectivity index is 2.08. The first-order valence-electron chi connectivity index (χ1n) is 10.7. The lowest BCUT2D eigenvalue weighted by molar-refractivity contribution is -0.160. The third-order valence-corrected chi connectivity index (χ3v) is 5.15. The molecule has 8 nitrogen and oxygen atoms in total. The second kappa shape index (κ2) is 11.0. The van der Waals surface area contributed by atoms with Crippen molar-refractivity contribution in [1.82, 2.24) is 4.98 Å². The molecule has 0 saturated carbocycles. The minimum atomic E-state index is -0.746. The molecule has 3 atom stereocenters. The fourth-order valence-electron chi connectivity index (χ4n) is 3.42. The van der Waals surface area contributed by atoms with Gasteiger partial charge in [0, 0.05) is 30.2 Å². The molecule has 0 spiro atoms. The predicted octanol–water partition coefficient (Wildman–Crippen LogP) is 4.44. The van der Waals surface area contributed by atoms with Crippen LogP contribution in [0, 0.1) is 11.3 Å². The van der Waals surface area contributed by atoms with Crippen LogP contribution in [0.4, 0.5) is 0 Å². The summed E-state index contributed by atoms with van der Waals surface area (Å²) in [6, 6.07) is 8.66. The molecular weight excluding hydrogens is 426 g/mol. The largest absolute Gasteiger partial charge is 0.503 e. The fraction of sp³-hybridized carbons (Fsp3) is 0.480. The maximum Gasteiger partial charge on any atom is 0.309 e. The van der Waals surface area contributed by atoms with Gasteiger partial charge in [-0.3, -0.25) is 9.59 Å². The summed E-state index contributed by atoms with van der Waals surface area (Å²) in [5.74, 6) is -0.723. The molecule has 0 saturated heterocycles. The first kappa shape index (κ1) is 26.0. The maximum atomic E-state index is 12.8. The van der Waals surface area contributed by atoms with Crippen molar-refractivity contribution < 1.29 is 33.6 Å². The summed E-state index contributed by atoms with van der Waals surface area (Å²) in [5.41, 5.74) is -0.492. The quantitative estimate of drug-likeness (QED) is 0.411. The van der Waals surface area contributed by atoms with Crippen molar-refractivity contribution in [2.24, 2.45) is 11.3 Å². The smallest absolute Gasteiger partial charge is 0.309 e. The Bertz CT molecular complexity index is 967. The topological polar surface area (TPSA) is 104 Å². The number of hydrogen-bond acceptors (Lipinski definition) is 8. The Labute approximate surface area is 194 Å². The van der Waals surface area contributed by atoms with E-state index >= 15 is 0 Å². The van der Waals surface area contributed by atoms with Crippen LogP contribution in [0.5, 0.6) is 23.0 Å². The summed E-state index contributed by atoms with van der Waals surface area (Å²) in [7, 11) is 2.96. The van der Waals surface area contributed by atoms with Crippen molar-refractivity contribution in [3.63, 3.8) is 0 Å². The molecule has 33 heavy (non-hydrogen) atoms. The van der Waals surface area contributed by atoms with E-state index in [2.05, 4.69) is 4.98 Å². The molecule has 2 rings (SSSR count). The first-order chi connectivity index (χ1) is 15.5. The van der Waals surface area contributed by atoms with Gasteiger partial charge in [-0.1, -0.05) is 33.8 Å². The number of Topliss-reactive ketones (excluding diaryl/α,β-unsaturated/α-hetero) is 1. The number of carbonyl (C=O) groups is 2. The first-order valence-corrected chi connectivity index (χ1v) is 10.7. The third-order valence-electron chi connectivity index (χ3n) is 5.15. The maximum absolute atomic E-state index is 12.8. The summed E-state index contributed by atoms with van der Waals surface area (Å²) in [4.78, 5) is 29.3. The molecule has 180 valence electrons. The zero-order chi connectivity index (χ0) is 24.8. The molecule has 0 amide bonds. The lowest BCUT2D eigenvalue weighted by Crippen LogP contribution is -2.44. The fourth-order valence-corrected chi connectivity index (χ4v) is 3.42. The average Bonchev–Trinajstić information content (AvgIpc) is 2.76. The molecule has 1 aromatic carbocycles. The standard InChI is InChI=1S/C25H33NO7/c1-15(13-19(27)21-22(28)20(31-7)11-12-26-21)24(29)32-16(2)23(25(3,4)5)33-18-10-8-9-17(14-18)30-6/h8-12,14-16,23,28H,13H2,1-7H3/t15-,16+,23+/m1/s1. The molecule has 0 radical (unpaired) electrons. The molecule has 1 heterocycles. The van der Waals surface area contributed by atoms with Crippen LogP contribution < -0.4 is 14.2 Å². The second-order valence-electron chi connectivity index (χ2n) is 8.96. The SMILES string of the molecule is COc1cccc(O[C@@H]([C@H](C)OC(=O)[C@H](C)CC(=O)c2nccc(OC)c2O)C(C)(C)C)c1. The molecule has 0 unspecified atom stereocenters. The Morgan fingerprint density at radius 1 is 1.06 bits per heavy atom. The summed E-state index contributed by atoms with van der Waals surface area (Å²) < 4.78 is 22.1. The van der Waals surface area contributed by atoms with Crippen LogP contribution in [0.1, 0.15) is 51.5 Å². The third kappa shape index (κ3) is 6.84. The molecule has 2 aromatic rings. The number of methoxy groups -OCH3 is 2. The molecule has 1 aromatic heterocycles. The lowest BCUT2D eigenvalue weighted by atomic mass is 9.86. The Kier molecular flexibility index (Phi) is 8.68. The zero-order valence-electron chi connectivity index (χ0n) is 20.2. The lowest BCUT2D eigenvalue weighted by Gasteiger charge is -2.35. The summed E-state index contributed by atoms with van der Waals surface area (Å²) >= 11 is 0. The van der Waals surface area contributed by atoms with Crippen molar-refractivity contribution in [3.05, 3.63) is 42.2 Å². The zero-order valence-corrected chi connectivity index (χ0v) is 20.2. The van der Waals surface area contributed by atoms with Gasteiger partial charge < -0.3 is 24.1 Å². The van der Waals surface area contributed by atoms with E-state index < -0.39 is 29.9 Å². The van der Waals surface area contributed by atoms with Gasteiger partial charge in [0.2, 0.25) is 0 Å². The predicted molar refractivity (Wildman–Crippen MR) is 123 cm³/mol. The molecule has 0 aliphatic heterocycles. The second-order valence-corrected chi connectivity index (χ2v) is 8.96. The van der Waals surface area contributed by atoms with Gasteiger partial charge in [0.05, 0.1) is 20.1 Å². The van der Waals surface area contributed by atoms with E-state index in [4.69, 9.17) is 18.9 Å². The number of nitrogens with zero attached hydrogens (tertiary/aromatic N) is 1. The van der Waals surface area contributed by atoms with E-state index in [1.54, 1.807) is 27.0 Å². The van der Waals surface area contributed by atoms with Gasteiger partial charge >= 0.3 is 5.97 Å². The molecule has 0 fully saturated rings. The van der Waals surface area contributed by atoms with Gasteiger partial charge in [-0.2, -0.15) is 0 Å². The molecular formula is C25H33NO7. The van der Waals surface area contributed by atoms with Gasteiger partial charge in [0.1, 0.15) is 23.7 Å². The average molecular weight is 460 g/mol. The highest BCUT2D eigenvalue weighted by molar-refractivity contribution is 5.99. The van der Waals surface area contributed by atoms with Crippen LogP contribution in [-0.4, -0.2) is 48.3 Å². The number of esters is 1. The number of benzene rings is 1. The summed E-state index contributed by atoms with van der Waals surface area (Å²) in [6.45, 7) is 9.34. The minimum absolute atomic E-state index is 0.139. The van der Waals surface area contributed by atoms with E-state index in [0.717, 1.165) is 0 Å². The molecule has 0 aliphatic carbocycles. The van der Waals surface area contributed by atoms with Gasteiger partial charge in [0.15, 0.2) is 23.0 Å². The van der Waals surface area contributed by atoms with Crippen LogP contribution in [0.25, 0.3) is 0 Å². The van der Waals surface area contributed by atoms with E-state index in [1.165, 1.54) is 19.4 Å². The van der Waals surface area contributed by atoms with Crippen molar-refractivity contribution >= 4 is 11.8 Å². The van der Waals surface area contributed by atoms with E-state index in [1.807, 2.05) is 39.0 Å². The number of aromatic hydroxyl groups is 1. The van der Waals surface area contributed by atoms with Gasteiger partial charge in [-0.25, -0.2) is 4.98 Å². The van der Waals surface area contributed by atoms with Crippen LogP contribution in [0.3, 0.4) is 0 Å². The number of ketones is 1. The molecule has 8 heteroatoms. The highest BCUT2D eigenvalue weighted by atomic mass is 16.6. The van der Waals surface area contributed by atoms with Crippen molar-refractivity contribution in [2.45, 2.75) is 53.2 Å². The van der Waals surface area contributed by atoms with E-state index in [0.29, 0.717) is 11.5 Å². The van der Waals surface area contributed by atoms with Crippen molar-refractivity contribution in [3.8, 4) is 23.0 Å². The Hall–Kier alpha value is -3.29. The Morgan fingerprint density at radius 2 is 1.73 bits per heavy atom. The summed E-state index contributed by atoms with van der Waals surface area (Å²) in [5, 5.41) is 10.1. The number of ether oxygens (including phenoxy) is 4. The van der Waals surface area contributed by atoms with Crippen LogP contribution in [0.15, 0.2) is 36.5 Å². The minimum Gasteiger partial charge on any atom is -0.503 e. The van der Waals surface area contributed by atoms with E-state index in [9.17, 15) is 14.7 Å². The Morgan fingerprint density at radius 3 is 2.33 bits per heavy atom. The normalized spacial score (nSPS) is 14.0.